The smallest absolute Gasteiger partial charge is 0.298 e. The van der Waals surface area contributed by atoms with E-state index in [0.717, 1.165) is 21.9 Å². The molecule has 7 rings (SSSR count). The zero-order chi connectivity index (χ0) is 29.2. The van der Waals surface area contributed by atoms with Gasteiger partial charge in [-0.05, 0) is 61.0 Å². The summed E-state index contributed by atoms with van der Waals surface area (Å²) in [6.45, 7) is -0.367. The van der Waals surface area contributed by atoms with Crippen molar-refractivity contribution < 1.29 is 12.9 Å². The van der Waals surface area contributed by atoms with E-state index in [1.165, 1.54) is 23.1 Å². The van der Waals surface area contributed by atoms with Gasteiger partial charge in [-0.15, -0.1) is 0 Å². The summed E-state index contributed by atoms with van der Waals surface area (Å²) in [6.07, 6.45) is 1.72. The van der Waals surface area contributed by atoms with Gasteiger partial charge in [-0.25, -0.2) is 4.98 Å². The van der Waals surface area contributed by atoms with Crippen LogP contribution in [0.1, 0.15) is 20.8 Å². The summed E-state index contributed by atoms with van der Waals surface area (Å²) in [5.41, 5.74) is 3.91. The van der Waals surface area contributed by atoms with Crippen LogP contribution in [0.4, 0.5) is 25.8 Å². The van der Waals surface area contributed by atoms with Crippen LogP contribution in [0.15, 0.2) is 109 Å². The molecule has 0 unspecified atom stereocenters. The van der Waals surface area contributed by atoms with E-state index in [4.69, 9.17) is 4.11 Å². The number of benzene rings is 4. The molecule has 192 valence electrons. The van der Waals surface area contributed by atoms with Gasteiger partial charge in [0.05, 0.1) is 29.1 Å². The Kier molecular flexibility index (Phi) is 4.51. The van der Waals surface area contributed by atoms with Crippen molar-refractivity contribution >= 4 is 38.9 Å². The molecular weight excluding hydrogens is 490 g/mol. The first-order valence-corrected chi connectivity index (χ1v) is 12.7. The molecule has 6 heteroatoms. The van der Waals surface area contributed by atoms with Gasteiger partial charge in [0.2, 0.25) is 0 Å². The van der Waals surface area contributed by atoms with Gasteiger partial charge in [0.1, 0.15) is 5.82 Å². The van der Waals surface area contributed by atoms with E-state index in [2.05, 4.69) is 4.98 Å². The predicted octanol–water partition coefficient (Wildman–Crippen LogP) is 8.17. The summed E-state index contributed by atoms with van der Waals surface area (Å²) in [4.78, 5) is 7.62. The number of anilines is 3. The molecule has 1 aliphatic heterocycles. The third-order valence-electron chi connectivity index (χ3n) is 7.43. The first-order chi connectivity index (χ1) is 20.1. The van der Waals surface area contributed by atoms with Crippen LogP contribution in [0.2, 0.25) is 0 Å². The molecule has 2 aromatic heterocycles. The highest BCUT2D eigenvalue weighted by Crippen LogP contribution is 2.43. The summed E-state index contributed by atoms with van der Waals surface area (Å²) < 4.78 is 58.5. The third-order valence-corrected chi connectivity index (χ3v) is 7.43. The van der Waals surface area contributed by atoms with Crippen molar-refractivity contribution in [3.8, 4) is 5.82 Å². The number of aromatic nitrogens is 2. The van der Waals surface area contributed by atoms with Crippen molar-refractivity contribution in [2.45, 2.75) is 12.8 Å². The van der Waals surface area contributed by atoms with Crippen LogP contribution >= 0.6 is 0 Å². The largest absolute Gasteiger partial charge is 0.355 e. The van der Waals surface area contributed by atoms with Gasteiger partial charge in [0, 0.05) is 44.9 Å². The number of para-hydroxylation sites is 3. The number of alkyl halides is 2. The van der Waals surface area contributed by atoms with E-state index >= 15 is 8.78 Å². The second-order valence-electron chi connectivity index (χ2n) is 9.89. The monoisotopic (exact) mass is 519 g/mol. The van der Waals surface area contributed by atoms with Crippen molar-refractivity contribution in [3.05, 3.63) is 126 Å². The number of rotatable bonds is 4. The molecule has 6 aromatic rings. The van der Waals surface area contributed by atoms with Gasteiger partial charge < -0.3 is 9.80 Å². The predicted molar refractivity (Wildman–Crippen MR) is 155 cm³/mol. The summed E-state index contributed by atoms with van der Waals surface area (Å²) in [5, 5.41) is 1.82. The molecule has 0 saturated heterocycles. The number of hydrogen-bond acceptors (Lipinski definition) is 3. The van der Waals surface area contributed by atoms with Crippen molar-refractivity contribution in [1.29, 1.82) is 0 Å². The minimum atomic E-state index is -3.32. The average molecular weight is 520 g/mol. The number of nitrogens with zero attached hydrogens (tertiary/aromatic N) is 4. The Hall–Kier alpha value is -4.71. The maximum absolute atomic E-state index is 16.4. The van der Waals surface area contributed by atoms with Crippen LogP contribution in [0, 0.1) is 6.92 Å². The van der Waals surface area contributed by atoms with Crippen molar-refractivity contribution in [1.82, 2.24) is 9.55 Å². The molecule has 0 N–H and O–H groups in total. The number of hydrogen-bond donors (Lipinski definition) is 0. The SMILES string of the molecule is [2H]C([2H])([2H])N1CN(c2cccc(C(F)(F)c3ccc4c5ccccc5n(-c5cc(C)ccn5)c4c3)c2)c2ccccc21. The number of fused-ring (bicyclic) bond motifs is 4. The van der Waals surface area contributed by atoms with Gasteiger partial charge >= 0.3 is 0 Å². The molecule has 0 amide bonds. The van der Waals surface area contributed by atoms with Crippen LogP contribution in [0.3, 0.4) is 0 Å². The Labute approximate surface area is 229 Å². The average Bonchev–Trinajstić information content (AvgIpc) is 3.54. The zero-order valence-electron chi connectivity index (χ0n) is 24.1. The highest BCUT2D eigenvalue weighted by Gasteiger charge is 2.36. The van der Waals surface area contributed by atoms with Gasteiger partial charge in [-0.3, -0.25) is 4.57 Å². The molecule has 3 heterocycles. The lowest BCUT2D eigenvalue weighted by molar-refractivity contribution is 0.0430. The highest BCUT2D eigenvalue weighted by molar-refractivity contribution is 6.09. The van der Waals surface area contributed by atoms with Crippen molar-refractivity contribution in [3.63, 3.8) is 0 Å². The summed E-state index contributed by atoms with van der Waals surface area (Å²) >= 11 is 0. The molecule has 0 bridgehead atoms. The van der Waals surface area contributed by atoms with Crippen LogP contribution in [0.5, 0.6) is 0 Å². The third kappa shape index (κ3) is 3.67. The zero-order valence-corrected chi connectivity index (χ0v) is 21.1. The quantitative estimate of drug-likeness (QED) is 0.235. The van der Waals surface area contributed by atoms with Crippen LogP contribution in [-0.2, 0) is 5.92 Å². The Morgan fingerprint density at radius 1 is 0.769 bits per heavy atom. The molecule has 0 fully saturated rings. The van der Waals surface area contributed by atoms with E-state index in [0.29, 0.717) is 28.4 Å². The molecule has 0 aliphatic carbocycles. The fourth-order valence-corrected chi connectivity index (χ4v) is 5.53. The minimum absolute atomic E-state index is 0.0282. The first kappa shape index (κ1) is 20.3. The van der Waals surface area contributed by atoms with E-state index < -0.39 is 12.9 Å². The lowest BCUT2D eigenvalue weighted by Gasteiger charge is -2.23. The Morgan fingerprint density at radius 3 is 2.38 bits per heavy atom. The second-order valence-corrected chi connectivity index (χ2v) is 9.89. The summed E-state index contributed by atoms with van der Waals surface area (Å²) in [7, 11) is 0. The summed E-state index contributed by atoms with van der Waals surface area (Å²) in [5.74, 6) is -2.66. The second kappa shape index (κ2) is 8.67. The summed E-state index contributed by atoms with van der Waals surface area (Å²) in [6, 6.07) is 29.7. The number of pyridine rings is 1. The van der Waals surface area contributed by atoms with Gasteiger partial charge in [-0.2, -0.15) is 8.78 Å². The Bertz CT molecular complexity index is 1980. The van der Waals surface area contributed by atoms with Gasteiger partial charge in [-0.1, -0.05) is 54.6 Å². The van der Waals surface area contributed by atoms with E-state index in [1.807, 2.05) is 54.0 Å². The minimum Gasteiger partial charge on any atom is -0.355 e. The molecule has 0 saturated carbocycles. The van der Waals surface area contributed by atoms with Crippen molar-refractivity contribution in [2.24, 2.45) is 0 Å². The van der Waals surface area contributed by atoms with E-state index in [9.17, 15) is 0 Å². The molecule has 39 heavy (non-hydrogen) atoms. The lowest BCUT2D eigenvalue weighted by atomic mass is 9.98. The number of halogens is 2. The highest BCUT2D eigenvalue weighted by atomic mass is 19.3. The van der Waals surface area contributed by atoms with E-state index in [1.54, 1.807) is 53.6 Å². The maximum Gasteiger partial charge on any atom is 0.298 e. The van der Waals surface area contributed by atoms with Crippen LogP contribution < -0.4 is 9.80 Å². The van der Waals surface area contributed by atoms with Crippen molar-refractivity contribution in [2.75, 3.05) is 23.4 Å². The fourth-order valence-electron chi connectivity index (χ4n) is 5.53. The molecule has 4 nitrogen and oxygen atoms in total. The Morgan fingerprint density at radius 2 is 1.54 bits per heavy atom. The molecule has 4 aromatic carbocycles. The van der Waals surface area contributed by atoms with Gasteiger partial charge in [0.15, 0.2) is 0 Å². The lowest BCUT2D eigenvalue weighted by Crippen LogP contribution is -2.24. The molecular formula is C33H26F2N4. The van der Waals surface area contributed by atoms with Crippen LogP contribution in [0.25, 0.3) is 27.6 Å². The Balaban J connectivity index is 1.34. The maximum atomic E-state index is 16.4. The standard InChI is InChI=1S/C33H26F2N4/c1-22-16-17-36-32(18-22)39-28-11-4-3-10-26(28)27-15-14-24(20-31(27)39)33(34,35)23-8-7-9-25(19-23)38-21-37(2)29-12-5-6-13-30(29)38/h3-20H,21H2,1-2H3/i2D3. The normalized spacial score (nSPS) is 14.9. The fraction of sp³-hybridized carbons (Fsp3) is 0.121. The molecule has 0 atom stereocenters. The van der Waals surface area contributed by atoms with Gasteiger partial charge in [0.25, 0.3) is 5.92 Å². The topological polar surface area (TPSA) is 24.3 Å². The molecule has 0 spiro atoms. The van der Waals surface area contributed by atoms with Crippen LogP contribution in [-0.4, -0.2) is 23.2 Å². The number of aryl methyl sites for hydroxylation is 1. The van der Waals surface area contributed by atoms with E-state index in [-0.39, 0.29) is 17.8 Å². The molecule has 1 aliphatic rings. The first-order valence-electron chi connectivity index (χ1n) is 14.2. The molecule has 0 radical (unpaired) electrons.